The molecule has 4 rings (SSSR count). The van der Waals surface area contributed by atoms with E-state index < -0.39 is 11.9 Å². The second-order valence-corrected chi connectivity index (χ2v) is 6.87. The average Bonchev–Trinajstić information content (AvgIpc) is 3.25. The Balaban J connectivity index is 0.000000272. The fourth-order valence-corrected chi connectivity index (χ4v) is 2.83. The van der Waals surface area contributed by atoms with Crippen LogP contribution in [-0.4, -0.2) is 60.0 Å². The number of esters is 1. The standard InChI is InChI=1S/C8H6BrN3O2.C7H4BrN3O2.Na.H2O/c1-14-8(13)6-5-2-4(9)3-10-7(5)12-11-6;8-3-1-4-5(7(12)13)10-11-6(4)9-2-3;;/h2-3H,1H3,(H,10,11,12);1-2H,(H,12,13)(H,9,10,11);;1H2/q;;+1;/p-1. The number of aromatic carboxylic acids is 1. The molecule has 0 bridgehead atoms. The van der Waals surface area contributed by atoms with Crippen molar-refractivity contribution in [2.75, 3.05) is 7.11 Å². The first-order valence-electron chi connectivity index (χ1n) is 7.21. The van der Waals surface area contributed by atoms with Crippen LogP contribution in [0, 0.1) is 0 Å². The number of nitrogens with zero attached hydrogens (tertiary/aromatic N) is 4. The number of hydrogen-bond donors (Lipinski definition) is 3. The number of carboxylic acid groups (broad SMARTS) is 1. The molecule has 0 spiro atoms. The Hall–Kier alpha value is -1.90. The number of aromatic nitrogens is 6. The molecule has 0 fully saturated rings. The van der Waals surface area contributed by atoms with Gasteiger partial charge in [-0.25, -0.2) is 19.6 Å². The van der Waals surface area contributed by atoms with Crippen molar-refractivity contribution < 1.29 is 54.5 Å². The average molecular weight is 538 g/mol. The van der Waals surface area contributed by atoms with Crippen LogP contribution in [0.3, 0.4) is 0 Å². The fourth-order valence-electron chi connectivity index (χ4n) is 2.17. The van der Waals surface area contributed by atoms with Crippen LogP contribution in [-0.2, 0) is 4.74 Å². The van der Waals surface area contributed by atoms with Gasteiger partial charge in [-0.3, -0.25) is 10.2 Å². The molecule has 0 unspecified atom stereocenters. The molecule has 0 saturated heterocycles. The second-order valence-electron chi connectivity index (χ2n) is 5.04. The first-order valence-corrected chi connectivity index (χ1v) is 8.80. The SMILES string of the molecule is COC(=O)c1[nH]nc2ncc(Br)cc12.O=C(O)c1[nH]nc2ncc(Br)cc12.[Na+].[OH-]. The number of carbonyl (C=O) groups is 2. The molecule has 0 aliphatic rings. The smallest absolute Gasteiger partial charge is 0.870 e. The van der Waals surface area contributed by atoms with E-state index >= 15 is 0 Å². The number of aromatic amines is 2. The maximum Gasteiger partial charge on any atom is 1.00 e. The van der Waals surface area contributed by atoms with Crippen molar-refractivity contribution in [2.45, 2.75) is 0 Å². The second kappa shape index (κ2) is 10.8. The number of fused-ring (bicyclic) bond motifs is 2. The van der Waals surface area contributed by atoms with Crippen molar-refractivity contribution in [1.82, 2.24) is 30.4 Å². The van der Waals surface area contributed by atoms with Gasteiger partial charge in [-0.1, -0.05) is 0 Å². The van der Waals surface area contributed by atoms with Crippen LogP contribution in [0.4, 0.5) is 0 Å². The van der Waals surface area contributed by atoms with Gasteiger partial charge in [0, 0.05) is 21.3 Å². The number of rotatable bonds is 2. The Morgan fingerprint density at radius 2 is 1.41 bits per heavy atom. The first-order chi connectivity index (χ1) is 12.9. The Morgan fingerprint density at radius 3 is 1.86 bits per heavy atom. The van der Waals surface area contributed by atoms with Crippen molar-refractivity contribution in [1.29, 1.82) is 0 Å². The molecule has 14 heteroatoms. The molecule has 0 aliphatic heterocycles. The quantitative estimate of drug-likeness (QED) is 0.230. The molecule has 4 N–H and O–H groups in total. The van der Waals surface area contributed by atoms with Gasteiger partial charge in [0.1, 0.15) is 0 Å². The van der Waals surface area contributed by atoms with Crippen LogP contribution in [0.15, 0.2) is 33.5 Å². The molecule has 0 aromatic carbocycles. The number of nitrogens with one attached hydrogen (secondary N) is 2. The van der Waals surface area contributed by atoms with Gasteiger partial charge in [0.05, 0.1) is 17.9 Å². The predicted octanol–water partition coefficient (Wildman–Crippen LogP) is -0.247. The van der Waals surface area contributed by atoms with Gasteiger partial charge in [-0.2, -0.15) is 10.2 Å². The van der Waals surface area contributed by atoms with E-state index in [-0.39, 0.29) is 40.7 Å². The summed E-state index contributed by atoms with van der Waals surface area (Å²) in [5.41, 5.74) is 1.27. The van der Waals surface area contributed by atoms with Crippen LogP contribution in [0.1, 0.15) is 21.0 Å². The van der Waals surface area contributed by atoms with E-state index in [0.717, 1.165) is 8.95 Å². The predicted molar refractivity (Wildman–Crippen MR) is 103 cm³/mol. The van der Waals surface area contributed by atoms with E-state index in [9.17, 15) is 9.59 Å². The summed E-state index contributed by atoms with van der Waals surface area (Å²) in [4.78, 5) is 29.9. The van der Waals surface area contributed by atoms with Crippen molar-refractivity contribution in [3.63, 3.8) is 0 Å². The zero-order chi connectivity index (χ0) is 19.6. The van der Waals surface area contributed by atoms with Crippen LogP contribution >= 0.6 is 31.9 Å². The number of ether oxygens (including phenoxy) is 1. The zero-order valence-corrected chi connectivity index (χ0v) is 20.1. The van der Waals surface area contributed by atoms with E-state index in [2.05, 4.69) is 67.0 Å². The summed E-state index contributed by atoms with van der Waals surface area (Å²) < 4.78 is 6.10. The molecule has 4 aromatic heterocycles. The van der Waals surface area contributed by atoms with E-state index in [1.165, 1.54) is 7.11 Å². The fraction of sp³-hybridized carbons (Fsp3) is 0.0667. The third-order valence-electron chi connectivity index (χ3n) is 3.36. The van der Waals surface area contributed by atoms with Crippen LogP contribution < -0.4 is 29.6 Å². The molecular formula is C15H11Br2N6NaO5. The molecule has 0 aliphatic carbocycles. The Morgan fingerprint density at radius 1 is 0.966 bits per heavy atom. The largest absolute Gasteiger partial charge is 1.00 e. The van der Waals surface area contributed by atoms with Gasteiger partial charge < -0.3 is 15.3 Å². The number of hydrogen-bond acceptors (Lipinski definition) is 8. The summed E-state index contributed by atoms with van der Waals surface area (Å²) in [5.74, 6) is -1.49. The Bertz CT molecular complexity index is 1160. The minimum absolute atomic E-state index is 0. The maximum absolute atomic E-state index is 11.3. The van der Waals surface area contributed by atoms with Crippen LogP contribution in [0.5, 0.6) is 0 Å². The van der Waals surface area contributed by atoms with Gasteiger partial charge in [-0.15, -0.1) is 0 Å². The summed E-state index contributed by atoms with van der Waals surface area (Å²) in [7, 11) is 1.32. The number of H-pyrrole nitrogens is 2. The van der Waals surface area contributed by atoms with E-state index in [1.807, 2.05) is 0 Å². The summed E-state index contributed by atoms with van der Waals surface area (Å²) >= 11 is 6.47. The van der Waals surface area contributed by atoms with Crippen molar-refractivity contribution in [3.05, 3.63) is 44.9 Å². The summed E-state index contributed by atoms with van der Waals surface area (Å²) in [6.45, 7) is 0. The summed E-state index contributed by atoms with van der Waals surface area (Å²) in [6.07, 6.45) is 3.18. The topological polar surface area (TPSA) is 177 Å². The molecule has 4 heterocycles. The van der Waals surface area contributed by atoms with Crippen LogP contribution in [0.2, 0.25) is 0 Å². The van der Waals surface area contributed by atoms with E-state index in [4.69, 9.17) is 5.11 Å². The van der Waals surface area contributed by atoms with Gasteiger partial charge in [0.2, 0.25) is 0 Å². The number of carboxylic acids is 1. The van der Waals surface area contributed by atoms with Gasteiger partial charge >= 0.3 is 41.5 Å². The van der Waals surface area contributed by atoms with Crippen molar-refractivity contribution in [3.8, 4) is 0 Å². The molecule has 11 nitrogen and oxygen atoms in total. The normalized spacial score (nSPS) is 9.76. The number of carbonyl (C=O) groups excluding carboxylic acids is 1. The number of halogens is 2. The summed E-state index contributed by atoms with van der Waals surface area (Å²) in [5, 5.41) is 22.5. The monoisotopic (exact) mass is 536 g/mol. The zero-order valence-electron chi connectivity index (χ0n) is 15.0. The minimum Gasteiger partial charge on any atom is -0.870 e. The maximum atomic E-state index is 11.3. The van der Waals surface area contributed by atoms with Gasteiger partial charge in [0.25, 0.3) is 0 Å². The third kappa shape index (κ3) is 5.58. The first kappa shape index (κ1) is 25.1. The van der Waals surface area contributed by atoms with Gasteiger partial charge in [0.15, 0.2) is 22.7 Å². The molecule has 146 valence electrons. The molecule has 0 atom stereocenters. The molecule has 29 heavy (non-hydrogen) atoms. The number of pyridine rings is 2. The molecule has 0 saturated carbocycles. The Kier molecular flexibility index (Phi) is 9.32. The minimum atomic E-state index is -1.04. The number of methoxy groups -OCH3 is 1. The molecule has 4 aromatic rings. The van der Waals surface area contributed by atoms with Crippen molar-refractivity contribution in [2.24, 2.45) is 0 Å². The van der Waals surface area contributed by atoms with E-state index in [1.54, 1.807) is 24.5 Å². The van der Waals surface area contributed by atoms with E-state index in [0.29, 0.717) is 27.8 Å². The summed E-state index contributed by atoms with van der Waals surface area (Å²) in [6, 6.07) is 3.42. The Labute approximate surface area is 201 Å². The molecule has 0 amide bonds. The molecular weight excluding hydrogens is 527 g/mol. The van der Waals surface area contributed by atoms with Gasteiger partial charge in [-0.05, 0) is 44.0 Å². The van der Waals surface area contributed by atoms with Crippen molar-refractivity contribution >= 4 is 65.9 Å². The third-order valence-corrected chi connectivity index (χ3v) is 4.22. The van der Waals surface area contributed by atoms with Crippen LogP contribution in [0.25, 0.3) is 22.1 Å². The molecule has 0 radical (unpaired) electrons.